The molecule has 0 unspecified atom stereocenters. The Morgan fingerprint density at radius 1 is 1.25 bits per heavy atom. The van der Waals surface area contributed by atoms with Crippen molar-refractivity contribution in [3.8, 4) is 23.3 Å². The number of carbonyl (C=O) groups excluding carboxylic acids is 2. The van der Waals surface area contributed by atoms with Crippen LogP contribution in [0.1, 0.15) is 30.9 Å². The molecule has 7 heteroatoms. The first-order valence-corrected chi connectivity index (χ1v) is 10.4. The summed E-state index contributed by atoms with van der Waals surface area (Å²) in [4.78, 5) is 25.0. The van der Waals surface area contributed by atoms with Gasteiger partial charge in [0.25, 0.3) is 0 Å². The lowest BCUT2D eigenvalue weighted by molar-refractivity contribution is -0.143. The summed E-state index contributed by atoms with van der Waals surface area (Å²) in [6, 6.07) is 15.1. The number of carbonyl (C=O) groups is 2. The lowest BCUT2D eigenvalue weighted by atomic mass is 9.72. The monoisotopic (exact) mass is 436 g/mol. The number of rotatable bonds is 5. The van der Waals surface area contributed by atoms with Crippen molar-refractivity contribution < 1.29 is 24.2 Å². The first-order chi connectivity index (χ1) is 15.3. The molecule has 0 saturated carbocycles. The fourth-order valence-electron chi connectivity index (χ4n) is 4.03. The largest absolute Gasteiger partial charge is 0.493 e. The fourth-order valence-corrected chi connectivity index (χ4v) is 4.03. The summed E-state index contributed by atoms with van der Waals surface area (Å²) in [5, 5.41) is 10.5. The van der Waals surface area contributed by atoms with E-state index in [1.807, 2.05) is 49.4 Å². The number of nitrogens with two attached hydrogens (primary N) is 1. The smallest absolute Gasteiger partial charge is 0.311 e. The van der Waals surface area contributed by atoms with Crippen molar-refractivity contribution in [2.24, 2.45) is 11.1 Å². The van der Waals surface area contributed by atoms with Gasteiger partial charge in [-0.15, -0.1) is 0 Å². The summed E-state index contributed by atoms with van der Waals surface area (Å²) >= 11 is 0. The Morgan fingerprint density at radius 3 is 2.59 bits per heavy atom. The zero-order valence-electron chi connectivity index (χ0n) is 18.5. The summed E-state index contributed by atoms with van der Waals surface area (Å²) in [7, 11) is 1.56. The van der Waals surface area contributed by atoms with Gasteiger partial charge in [-0.1, -0.05) is 43.0 Å². The van der Waals surface area contributed by atoms with Gasteiger partial charge in [0.05, 0.1) is 13.2 Å². The molecule has 1 heterocycles. The minimum absolute atomic E-state index is 0.166. The lowest BCUT2D eigenvalue weighted by Crippen LogP contribution is -2.41. The SMILES string of the molecule is COc1ccc([C@@H]2CN(C(=O)C(N)=O)C[C@@]2(C)[C@@H](C)O)cc1OCC#Cc1ccccc1. The molecule has 168 valence electrons. The molecule has 1 aliphatic heterocycles. The molecule has 1 fully saturated rings. The number of likely N-dealkylation sites (tertiary alicyclic amines) is 1. The number of primary amides is 1. The van der Waals surface area contributed by atoms with Crippen molar-refractivity contribution in [3.05, 3.63) is 59.7 Å². The van der Waals surface area contributed by atoms with Crippen LogP contribution in [0.25, 0.3) is 0 Å². The van der Waals surface area contributed by atoms with E-state index in [4.69, 9.17) is 15.2 Å². The minimum Gasteiger partial charge on any atom is -0.493 e. The van der Waals surface area contributed by atoms with Gasteiger partial charge in [-0.05, 0) is 36.8 Å². The molecule has 32 heavy (non-hydrogen) atoms. The molecule has 0 aromatic heterocycles. The van der Waals surface area contributed by atoms with Crippen LogP contribution in [0.15, 0.2) is 48.5 Å². The first-order valence-electron chi connectivity index (χ1n) is 10.4. The van der Waals surface area contributed by atoms with E-state index in [0.29, 0.717) is 11.5 Å². The van der Waals surface area contributed by atoms with Gasteiger partial charge >= 0.3 is 11.8 Å². The van der Waals surface area contributed by atoms with E-state index in [1.165, 1.54) is 4.90 Å². The average molecular weight is 437 g/mol. The van der Waals surface area contributed by atoms with Gasteiger partial charge in [0.15, 0.2) is 11.5 Å². The number of benzene rings is 2. The molecule has 3 rings (SSSR count). The second kappa shape index (κ2) is 9.75. The highest BCUT2D eigenvalue weighted by Crippen LogP contribution is 2.46. The normalized spacial score (nSPS) is 20.8. The van der Waals surface area contributed by atoms with Crippen LogP contribution in [0.2, 0.25) is 0 Å². The van der Waals surface area contributed by atoms with Crippen molar-refractivity contribution in [1.82, 2.24) is 4.90 Å². The number of amides is 2. The van der Waals surface area contributed by atoms with Crippen LogP contribution in [-0.4, -0.2) is 54.7 Å². The summed E-state index contributed by atoms with van der Waals surface area (Å²) in [5.74, 6) is 5.11. The third-order valence-corrected chi connectivity index (χ3v) is 6.08. The van der Waals surface area contributed by atoms with Crippen LogP contribution in [-0.2, 0) is 9.59 Å². The Kier molecular flexibility index (Phi) is 7.06. The maximum Gasteiger partial charge on any atom is 0.311 e. The molecule has 0 aliphatic carbocycles. The Hall–Kier alpha value is -3.50. The highest BCUT2D eigenvalue weighted by atomic mass is 16.5. The van der Waals surface area contributed by atoms with Crippen molar-refractivity contribution >= 4 is 11.8 Å². The van der Waals surface area contributed by atoms with Gasteiger partial charge in [0.1, 0.15) is 6.61 Å². The third-order valence-electron chi connectivity index (χ3n) is 6.08. The van der Waals surface area contributed by atoms with E-state index in [-0.39, 0.29) is 25.6 Å². The van der Waals surface area contributed by atoms with Crippen LogP contribution in [0, 0.1) is 17.3 Å². The standard InChI is InChI=1S/C25H28N2O5/c1-17(28)25(2)16-27(24(30)23(26)29)15-20(25)19-11-12-21(31-3)22(14-19)32-13-7-10-18-8-5-4-6-9-18/h4-6,8-9,11-12,14,17,20,28H,13,15-16H2,1-3H3,(H2,26,29)/t17-,20+,25+/m1/s1. The third kappa shape index (κ3) is 4.87. The van der Waals surface area contributed by atoms with E-state index < -0.39 is 23.3 Å². The van der Waals surface area contributed by atoms with E-state index in [1.54, 1.807) is 20.1 Å². The van der Waals surface area contributed by atoms with E-state index in [9.17, 15) is 14.7 Å². The number of aliphatic hydroxyl groups is 1. The quantitative estimate of drug-likeness (QED) is 0.551. The van der Waals surface area contributed by atoms with Gasteiger partial charge in [0.2, 0.25) is 0 Å². The number of ether oxygens (including phenoxy) is 2. The van der Waals surface area contributed by atoms with Gasteiger partial charge < -0.3 is 25.2 Å². The second-order valence-corrected chi connectivity index (χ2v) is 8.15. The van der Waals surface area contributed by atoms with Crippen molar-refractivity contribution in [2.75, 3.05) is 26.8 Å². The van der Waals surface area contributed by atoms with Crippen molar-refractivity contribution in [3.63, 3.8) is 0 Å². The number of nitrogens with zero attached hydrogens (tertiary/aromatic N) is 1. The summed E-state index contributed by atoms with van der Waals surface area (Å²) in [5.41, 5.74) is 6.29. The Labute approximate surface area is 188 Å². The maximum atomic E-state index is 12.2. The number of hydrogen-bond acceptors (Lipinski definition) is 5. The topological polar surface area (TPSA) is 102 Å². The fraction of sp³-hybridized carbons (Fsp3) is 0.360. The molecule has 3 N–H and O–H groups in total. The highest BCUT2D eigenvalue weighted by Gasteiger charge is 2.49. The molecular weight excluding hydrogens is 408 g/mol. The highest BCUT2D eigenvalue weighted by molar-refractivity contribution is 6.34. The van der Waals surface area contributed by atoms with E-state index in [0.717, 1.165) is 11.1 Å². The minimum atomic E-state index is -1.01. The molecule has 0 bridgehead atoms. The summed E-state index contributed by atoms with van der Waals surface area (Å²) in [6.07, 6.45) is -0.721. The number of methoxy groups -OCH3 is 1. The van der Waals surface area contributed by atoms with Crippen LogP contribution < -0.4 is 15.2 Å². The Balaban J connectivity index is 1.84. The van der Waals surface area contributed by atoms with Crippen molar-refractivity contribution in [2.45, 2.75) is 25.9 Å². The predicted molar refractivity (Wildman–Crippen MR) is 120 cm³/mol. The molecule has 2 aromatic rings. The molecule has 0 radical (unpaired) electrons. The molecular formula is C25H28N2O5. The van der Waals surface area contributed by atoms with Gasteiger partial charge in [0, 0.05) is 30.0 Å². The maximum absolute atomic E-state index is 12.2. The van der Waals surface area contributed by atoms with Crippen LogP contribution in [0.3, 0.4) is 0 Å². The summed E-state index contributed by atoms with van der Waals surface area (Å²) in [6.45, 7) is 4.24. The molecule has 1 saturated heterocycles. The number of aliphatic hydroxyl groups excluding tert-OH is 1. The molecule has 7 nitrogen and oxygen atoms in total. The lowest BCUT2D eigenvalue weighted by Gasteiger charge is -2.33. The van der Waals surface area contributed by atoms with E-state index >= 15 is 0 Å². The molecule has 2 aromatic carbocycles. The van der Waals surface area contributed by atoms with Crippen LogP contribution >= 0.6 is 0 Å². The Morgan fingerprint density at radius 2 is 1.97 bits per heavy atom. The molecule has 0 spiro atoms. The van der Waals surface area contributed by atoms with E-state index in [2.05, 4.69) is 11.8 Å². The predicted octanol–water partition coefficient (Wildman–Crippen LogP) is 1.92. The molecule has 1 aliphatic rings. The van der Waals surface area contributed by atoms with Gasteiger partial charge in [-0.2, -0.15) is 0 Å². The van der Waals surface area contributed by atoms with Crippen LogP contribution in [0.5, 0.6) is 11.5 Å². The Bertz CT molecular complexity index is 1040. The van der Waals surface area contributed by atoms with Crippen molar-refractivity contribution in [1.29, 1.82) is 0 Å². The zero-order chi connectivity index (χ0) is 23.3. The number of hydrogen-bond donors (Lipinski definition) is 2. The average Bonchev–Trinajstić information content (AvgIpc) is 3.15. The molecule has 2 amide bonds. The molecule has 3 atom stereocenters. The van der Waals surface area contributed by atoms with Crippen LogP contribution in [0.4, 0.5) is 0 Å². The second-order valence-electron chi connectivity index (χ2n) is 8.15. The first kappa shape index (κ1) is 23.2. The van der Waals surface area contributed by atoms with Gasteiger partial charge in [-0.25, -0.2) is 0 Å². The summed E-state index contributed by atoms with van der Waals surface area (Å²) < 4.78 is 11.3. The zero-order valence-corrected chi connectivity index (χ0v) is 18.5. The van der Waals surface area contributed by atoms with Gasteiger partial charge in [-0.3, -0.25) is 9.59 Å².